The lowest BCUT2D eigenvalue weighted by molar-refractivity contribution is 0.210. The van der Waals surface area contributed by atoms with E-state index < -0.39 is 11.4 Å². The van der Waals surface area contributed by atoms with Crippen molar-refractivity contribution in [2.24, 2.45) is 7.05 Å². The van der Waals surface area contributed by atoms with Crippen LogP contribution in [-0.2, 0) is 11.8 Å². The monoisotopic (exact) mass is 344 g/mol. The van der Waals surface area contributed by atoms with E-state index in [2.05, 4.69) is 15.3 Å². The predicted molar refractivity (Wildman–Crippen MR) is 91.6 cm³/mol. The van der Waals surface area contributed by atoms with Crippen molar-refractivity contribution in [3.63, 3.8) is 0 Å². The number of fused-ring (bicyclic) bond motifs is 1. The Kier molecular flexibility index (Phi) is 4.90. The molecule has 2 aromatic heterocycles. The molecular formula is C17H17FN4O3. The van der Waals surface area contributed by atoms with Crippen molar-refractivity contribution >= 4 is 17.0 Å². The van der Waals surface area contributed by atoms with E-state index in [4.69, 9.17) is 9.47 Å². The Hall–Kier alpha value is -3.00. The highest BCUT2D eigenvalue weighted by molar-refractivity contribution is 5.76. The summed E-state index contributed by atoms with van der Waals surface area (Å²) in [4.78, 5) is 21.0. The molecule has 3 rings (SSSR count). The Labute approximate surface area is 143 Å². The molecule has 0 amide bonds. The van der Waals surface area contributed by atoms with Gasteiger partial charge >= 0.3 is 0 Å². The van der Waals surface area contributed by atoms with E-state index in [0.29, 0.717) is 30.1 Å². The molecule has 0 radical (unpaired) electrons. The van der Waals surface area contributed by atoms with Crippen molar-refractivity contribution in [1.82, 2.24) is 14.5 Å². The minimum absolute atomic E-state index is 0.00351. The molecule has 0 aliphatic heterocycles. The zero-order chi connectivity index (χ0) is 17.8. The van der Waals surface area contributed by atoms with Crippen LogP contribution in [0.5, 0.6) is 11.5 Å². The first kappa shape index (κ1) is 16.8. The van der Waals surface area contributed by atoms with E-state index in [-0.39, 0.29) is 11.5 Å². The summed E-state index contributed by atoms with van der Waals surface area (Å²) in [5.41, 5.74) is 0.0260. The normalized spacial score (nSPS) is 10.8. The fraction of sp³-hybridized carbons (Fsp3) is 0.235. The van der Waals surface area contributed by atoms with Crippen molar-refractivity contribution in [3.8, 4) is 11.5 Å². The molecule has 0 spiro atoms. The summed E-state index contributed by atoms with van der Waals surface area (Å²) in [7, 11) is 3.18. The molecule has 1 aromatic carbocycles. The Morgan fingerprint density at radius 1 is 1.28 bits per heavy atom. The van der Waals surface area contributed by atoms with Gasteiger partial charge in [0.05, 0.1) is 6.61 Å². The quantitative estimate of drug-likeness (QED) is 0.692. The maximum atomic E-state index is 13.7. The number of halogens is 1. The molecule has 0 atom stereocenters. The Morgan fingerprint density at radius 2 is 2.08 bits per heavy atom. The zero-order valence-electron chi connectivity index (χ0n) is 13.8. The van der Waals surface area contributed by atoms with Crippen LogP contribution in [0, 0.1) is 5.82 Å². The van der Waals surface area contributed by atoms with Crippen molar-refractivity contribution < 1.29 is 13.9 Å². The molecule has 0 fully saturated rings. The molecule has 3 aromatic rings. The van der Waals surface area contributed by atoms with E-state index in [0.717, 1.165) is 0 Å². The molecule has 7 nitrogen and oxygen atoms in total. The van der Waals surface area contributed by atoms with Gasteiger partial charge in [0.2, 0.25) is 5.95 Å². The summed E-state index contributed by atoms with van der Waals surface area (Å²) >= 11 is 0. The minimum atomic E-state index is -0.543. The van der Waals surface area contributed by atoms with Crippen LogP contribution in [0.25, 0.3) is 11.0 Å². The van der Waals surface area contributed by atoms with Crippen LogP contribution < -0.4 is 15.6 Å². The highest BCUT2D eigenvalue weighted by Crippen LogP contribution is 2.23. The number of benzene rings is 1. The zero-order valence-corrected chi connectivity index (χ0v) is 13.8. The summed E-state index contributed by atoms with van der Waals surface area (Å²) in [5.74, 6) is -0.164. The summed E-state index contributed by atoms with van der Waals surface area (Å²) in [5, 5.41) is 3.61. The molecule has 8 heteroatoms. The number of hydrogen-bond donors (Lipinski definition) is 1. The molecule has 1 N–H and O–H groups in total. The molecule has 0 saturated heterocycles. The first-order valence-electron chi connectivity index (χ1n) is 7.62. The lowest BCUT2D eigenvalue weighted by atomic mass is 10.3. The van der Waals surface area contributed by atoms with Gasteiger partial charge in [0.1, 0.15) is 5.65 Å². The number of para-hydroxylation sites is 1. The fourth-order valence-corrected chi connectivity index (χ4v) is 2.29. The fourth-order valence-electron chi connectivity index (χ4n) is 2.29. The van der Waals surface area contributed by atoms with Gasteiger partial charge in [-0.2, -0.15) is 4.98 Å². The molecule has 25 heavy (non-hydrogen) atoms. The third kappa shape index (κ3) is 3.58. The van der Waals surface area contributed by atoms with Gasteiger partial charge in [0, 0.05) is 32.3 Å². The van der Waals surface area contributed by atoms with Gasteiger partial charge in [-0.05, 0) is 18.2 Å². The molecule has 130 valence electrons. The average Bonchev–Trinajstić information content (AvgIpc) is 2.62. The topological polar surface area (TPSA) is 78.3 Å². The number of ether oxygens (including phenoxy) is 2. The summed E-state index contributed by atoms with van der Waals surface area (Å²) in [6.07, 6.45) is 1.57. The van der Waals surface area contributed by atoms with Gasteiger partial charge in [0.15, 0.2) is 17.3 Å². The Morgan fingerprint density at radius 3 is 2.84 bits per heavy atom. The number of aromatic nitrogens is 3. The van der Waals surface area contributed by atoms with Gasteiger partial charge in [-0.3, -0.25) is 9.36 Å². The number of anilines is 1. The van der Waals surface area contributed by atoms with Crippen LogP contribution >= 0.6 is 0 Å². The number of hydrogen-bond acceptors (Lipinski definition) is 6. The highest BCUT2D eigenvalue weighted by Gasteiger charge is 2.13. The molecular weight excluding hydrogens is 327 g/mol. The Balaban J connectivity index is 1.97. The molecule has 0 aliphatic carbocycles. The van der Waals surface area contributed by atoms with E-state index in [1.165, 1.54) is 22.8 Å². The van der Waals surface area contributed by atoms with E-state index >= 15 is 0 Å². The van der Waals surface area contributed by atoms with Gasteiger partial charge in [0.25, 0.3) is 5.56 Å². The highest BCUT2D eigenvalue weighted by atomic mass is 19.1. The van der Waals surface area contributed by atoms with E-state index in [1.54, 1.807) is 32.5 Å². The molecule has 0 aliphatic rings. The van der Waals surface area contributed by atoms with Gasteiger partial charge in [-0.1, -0.05) is 12.1 Å². The van der Waals surface area contributed by atoms with Crippen molar-refractivity contribution in [1.29, 1.82) is 0 Å². The number of rotatable bonds is 6. The second-order valence-corrected chi connectivity index (χ2v) is 5.30. The SMILES string of the molecule is COCCNc1ncc2cc(Oc3ccccc3F)c(=O)n(C)c2n1. The number of pyridine rings is 1. The van der Waals surface area contributed by atoms with Crippen LogP contribution in [0.1, 0.15) is 0 Å². The smallest absolute Gasteiger partial charge is 0.294 e. The van der Waals surface area contributed by atoms with Gasteiger partial charge < -0.3 is 14.8 Å². The molecule has 0 bridgehead atoms. The van der Waals surface area contributed by atoms with Crippen LogP contribution in [0.2, 0.25) is 0 Å². The minimum Gasteiger partial charge on any atom is -0.448 e. The maximum Gasteiger partial charge on any atom is 0.294 e. The molecule has 0 saturated carbocycles. The lowest BCUT2D eigenvalue weighted by Gasteiger charge is -2.11. The summed E-state index contributed by atoms with van der Waals surface area (Å²) < 4.78 is 25.5. The average molecular weight is 344 g/mol. The maximum absolute atomic E-state index is 13.7. The largest absolute Gasteiger partial charge is 0.448 e. The third-order valence-electron chi connectivity index (χ3n) is 3.56. The second kappa shape index (κ2) is 7.27. The lowest BCUT2D eigenvalue weighted by Crippen LogP contribution is -2.20. The number of methoxy groups -OCH3 is 1. The first-order chi connectivity index (χ1) is 12.1. The molecule has 0 unspecified atom stereocenters. The van der Waals surface area contributed by atoms with Crippen molar-refractivity contribution in [2.75, 3.05) is 25.6 Å². The third-order valence-corrected chi connectivity index (χ3v) is 3.56. The summed E-state index contributed by atoms with van der Waals surface area (Å²) in [6, 6.07) is 7.40. The predicted octanol–water partition coefficient (Wildman–Crippen LogP) is 2.32. The van der Waals surface area contributed by atoms with Crippen molar-refractivity contribution in [2.45, 2.75) is 0 Å². The van der Waals surface area contributed by atoms with Crippen LogP contribution in [0.4, 0.5) is 10.3 Å². The van der Waals surface area contributed by atoms with Crippen LogP contribution in [0.3, 0.4) is 0 Å². The standard InChI is InChI=1S/C17H17FN4O3/c1-22-15-11(10-20-17(21-15)19-7-8-24-2)9-14(16(22)23)25-13-6-4-3-5-12(13)18/h3-6,9-10H,7-8H2,1-2H3,(H,19,20,21). The Bertz CT molecular complexity index is 958. The number of nitrogens with zero attached hydrogens (tertiary/aromatic N) is 3. The van der Waals surface area contributed by atoms with Crippen LogP contribution in [0.15, 0.2) is 41.3 Å². The first-order valence-corrected chi connectivity index (χ1v) is 7.62. The number of aryl methyl sites for hydroxylation is 1. The van der Waals surface area contributed by atoms with Crippen molar-refractivity contribution in [3.05, 3.63) is 52.7 Å². The van der Waals surface area contributed by atoms with E-state index in [9.17, 15) is 9.18 Å². The summed E-state index contributed by atoms with van der Waals surface area (Å²) in [6.45, 7) is 1.06. The van der Waals surface area contributed by atoms with Crippen LogP contribution in [-0.4, -0.2) is 34.8 Å². The second-order valence-electron chi connectivity index (χ2n) is 5.30. The van der Waals surface area contributed by atoms with Gasteiger partial charge in [-0.25, -0.2) is 9.37 Å². The number of nitrogens with one attached hydrogen (secondary N) is 1. The molecule has 2 heterocycles. The van der Waals surface area contributed by atoms with E-state index in [1.807, 2.05) is 0 Å². The van der Waals surface area contributed by atoms with Gasteiger partial charge in [-0.15, -0.1) is 0 Å².